The number of hydrogen-bond acceptors (Lipinski definition) is 8. The summed E-state index contributed by atoms with van der Waals surface area (Å²) in [7, 11) is 0. The Morgan fingerprint density at radius 2 is 2.00 bits per heavy atom. The highest BCUT2D eigenvalue weighted by Crippen LogP contribution is 2.36. The van der Waals surface area contributed by atoms with Crippen molar-refractivity contribution in [3.05, 3.63) is 61.9 Å². The first-order valence-corrected chi connectivity index (χ1v) is 11.2. The zero-order valence-electron chi connectivity index (χ0n) is 17.3. The smallest absolute Gasteiger partial charge is 0.347 e. The van der Waals surface area contributed by atoms with E-state index in [0.29, 0.717) is 26.6 Å². The van der Waals surface area contributed by atoms with Crippen LogP contribution in [-0.4, -0.2) is 35.0 Å². The lowest BCUT2D eigenvalue weighted by Gasteiger charge is -2.27. The van der Waals surface area contributed by atoms with Crippen molar-refractivity contribution in [3.63, 3.8) is 0 Å². The van der Waals surface area contributed by atoms with E-state index >= 15 is 0 Å². The molecule has 0 spiro atoms. The van der Waals surface area contributed by atoms with Crippen molar-refractivity contribution >= 4 is 45.0 Å². The summed E-state index contributed by atoms with van der Waals surface area (Å²) in [6, 6.07) is 3.35. The largest absolute Gasteiger partial charge is 0.460 e. The molecule has 164 valence electrons. The topological polar surface area (TPSA) is 89.9 Å². The van der Waals surface area contributed by atoms with Gasteiger partial charge in [-0.2, -0.15) is 0 Å². The molecule has 7 nitrogen and oxygen atoms in total. The van der Waals surface area contributed by atoms with Crippen molar-refractivity contribution < 1.29 is 23.5 Å². The summed E-state index contributed by atoms with van der Waals surface area (Å²) in [5.74, 6) is -1.31. The maximum atomic E-state index is 13.7. The van der Waals surface area contributed by atoms with Gasteiger partial charge in [-0.25, -0.2) is 19.0 Å². The zero-order chi connectivity index (χ0) is 22.7. The highest BCUT2D eigenvalue weighted by molar-refractivity contribution is 9.10. The molecule has 0 saturated carbocycles. The summed E-state index contributed by atoms with van der Waals surface area (Å²) in [6.07, 6.45) is 0.217. The number of benzene rings is 1. The summed E-state index contributed by atoms with van der Waals surface area (Å²) >= 11 is 4.75. The summed E-state index contributed by atoms with van der Waals surface area (Å²) in [4.78, 5) is 34.1. The molecule has 2 heterocycles. The average molecular weight is 510 g/mol. The van der Waals surface area contributed by atoms with Crippen molar-refractivity contribution in [2.24, 2.45) is 4.99 Å². The van der Waals surface area contributed by atoms with Gasteiger partial charge in [-0.15, -0.1) is 11.3 Å². The maximum Gasteiger partial charge on any atom is 0.347 e. The number of amidine groups is 1. The third-order valence-corrected chi connectivity index (χ3v) is 5.79. The number of esters is 2. The number of nitrogens with zero attached hydrogens (tertiary/aromatic N) is 2. The molecular weight excluding hydrogens is 489 g/mol. The monoisotopic (exact) mass is 509 g/mol. The second kappa shape index (κ2) is 9.69. The number of halogens is 2. The van der Waals surface area contributed by atoms with Gasteiger partial charge in [-0.3, -0.25) is 4.99 Å². The molecule has 3 rings (SSSR count). The zero-order valence-corrected chi connectivity index (χ0v) is 19.7. The van der Waals surface area contributed by atoms with E-state index in [-0.39, 0.29) is 11.7 Å². The molecule has 31 heavy (non-hydrogen) atoms. The van der Waals surface area contributed by atoms with Crippen molar-refractivity contribution in [3.8, 4) is 0 Å². The molecule has 1 aliphatic heterocycles. The Kier molecular flexibility index (Phi) is 7.22. The molecule has 1 N–H and O–H groups in total. The van der Waals surface area contributed by atoms with Crippen molar-refractivity contribution in [2.75, 3.05) is 0 Å². The number of thiazole rings is 1. The number of nitrogens with one attached hydrogen (secondary N) is 1. The Labute approximate surface area is 191 Å². The molecule has 10 heteroatoms. The molecule has 1 aromatic carbocycles. The van der Waals surface area contributed by atoms with Crippen LogP contribution in [0.1, 0.15) is 44.3 Å². The highest BCUT2D eigenvalue weighted by atomic mass is 79.9. The number of ether oxygens (including phenoxy) is 2. The molecule has 0 unspecified atom stereocenters. The van der Waals surface area contributed by atoms with Gasteiger partial charge in [-0.05, 0) is 45.4 Å². The lowest BCUT2D eigenvalue weighted by molar-refractivity contribution is -0.167. The molecular formula is C21H21BrFN3O4S. The second-order valence-corrected chi connectivity index (χ2v) is 8.83. The third-order valence-electron chi connectivity index (χ3n) is 4.32. The Morgan fingerprint density at radius 3 is 2.61 bits per heavy atom. The molecule has 0 radical (unpaired) electrons. The molecule has 0 amide bonds. The van der Waals surface area contributed by atoms with Crippen LogP contribution < -0.4 is 5.32 Å². The van der Waals surface area contributed by atoms with Gasteiger partial charge in [0, 0.05) is 21.7 Å². The summed E-state index contributed by atoms with van der Waals surface area (Å²) in [6.45, 7) is 6.57. The average Bonchev–Trinajstić information content (AvgIpc) is 3.21. The van der Waals surface area contributed by atoms with E-state index in [9.17, 15) is 14.0 Å². The van der Waals surface area contributed by atoms with Gasteiger partial charge >= 0.3 is 11.9 Å². The maximum absolute atomic E-state index is 13.7. The third kappa shape index (κ3) is 5.37. The Balaban J connectivity index is 1.97. The van der Waals surface area contributed by atoms with Crippen molar-refractivity contribution in [1.82, 2.24) is 10.3 Å². The van der Waals surface area contributed by atoms with Crippen LogP contribution in [0, 0.1) is 5.82 Å². The minimum atomic E-state index is -1.10. The van der Waals surface area contributed by atoms with E-state index in [0.717, 1.165) is 0 Å². The predicted molar refractivity (Wildman–Crippen MR) is 118 cm³/mol. The van der Waals surface area contributed by atoms with Crippen molar-refractivity contribution in [2.45, 2.75) is 45.9 Å². The normalized spacial score (nSPS) is 17.1. The van der Waals surface area contributed by atoms with Gasteiger partial charge in [-0.1, -0.05) is 22.0 Å². The first-order chi connectivity index (χ1) is 14.7. The van der Waals surface area contributed by atoms with Gasteiger partial charge in [0.1, 0.15) is 11.9 Å². The van der Waals surface area contributed by atoms with Crippen LogP contribution in [0.3, 0.4) is 0 Å². The number of rotatable bonds is 6. The predicted octanol–water partition coefficient (Wildman–Crippen LogP) is 4.29. The lowest BCUT2D eigenvalue weighted by Crippen LogP contribution is -2.35. The van der Waals surface area contributed by atoms with Crippen LogP contribution in [0.25, 0.3) is 0 Å². The second-order valence-electron chi connectivity index (χ2n) is 7.08. The fourth-order valence-corrected chi connectivity index (χ4v) is 4.09. The summed E-state index contributed by atoms with van der Waals surface area (Å²) in [5, 5.41) is 5.54. The number of aromatic nitrogens is 1. The Morgan fingerprint density at radius 1 is 1.26 bits per heavy atom. The van der Waals surface area contributed by atoms with E-state index in [1.54, 1.807) is 33.0 Å². The van der Waals surface area contributed by atoms with Gasteiger partial charge in [0.05, 0.1) is 11.7 Å². The fourth-order valence-electron chi connectivity index (χ4n) is 2.94. The first-order valence-electron chi connectivity index (χ1n) is 9.49. The number of aliphatic imine (C=N–C) groups is 1. The van der Waals surface area contributed by atoms with E-state index in [4.69, 9.17) is 9.47 Å². The number of carbonyl (C=O) groups excluding carboxylic acids is 2. The van der Waals surface area contributed by atoms with Crippen LogP contribution in [0.4, 0.5) is 4.39 Å². The fraction of sp³-hybridized carbons (Fsp3) is 0.333. The van der Waals surface area contributed by atoms with Crippen LogP contribution in [0.2, 0.25) is 0 Å². The minimum Gasteiger partial charge on any atom is -0.460 e. The molecule has 0 aliphatic carbocycles. The molecule has 1 aromatic heterocycles. The first kappa shape index (κ1) is 23.1. The number of carbonyl (C=O) groups is 2. The van der Waals surface area contributed by atoms with E-state index in [1.165, 1.54) is 30.4 Å². The quantitative estimate of drug-likeness (QED) is 0.584. The molecule has 0 bridgehead atoms. The molecule has 1 aliphatic rings. The van der Waals surface area contributed by atoms with Crippen LogP contribution in [-0.2, 0) is 19.1 Å². The van der Waals surface area contributed by atoms with E-state index < -0.39 is 29.9 Å². The molecule has 0 fully saturated rings. The Bertz CT molecular complexity index is 1050. The lowest BCUT2D eigenvalue weighted by atomic mass is 9.96. The Hall–Kier alpha value is -2.59. The van der Waals surface area contributed by atoms with Gasteiger partial charge in [0.25, 0.3) is 0 Å². The summed E-state index contributed by atoms with van der Waals surface area (Å²) < 4.78 is 24.6. The number of allylic oxidation sites excluding steroid dienone is 1. The molecule has 2 atom stereocenters. The van der Waals surface area contributed by atoms with Crippen molar-refractivity contribution in [1.29, 1.82) is 0 Å². The molecule has 2 aromatic rings. The van der Waals surface area contributed by atoms with Crippen LogP contribution >= 0.6 is 27.3 Å². The van der Waals surface area contributed by atoms with Gasteiger partial charge in [0.15, 0.2) is 16.9 Å². The van der Waals surface area contributed by atoms with Gasteiger partial charge < -0.3 is 14.8 Å². The number of hydrogen-bond donors (Lipinski definition) is 1. The standard InChI is InChI=1S/C21H21BrFN3O4S/c1-10(2)29-20(27)12(4)30-21(28)16-11(3)25-18(19-24-7-8-31-19)26-17(16)14-6-5-13(23)9-15(14)22/h5-10,12,17H,1-4H3,(H,25,26)/t12-,17+/m1/s1. The summed E-state index contributed by atoms with van der Waals surface area (Å²) in [5.41, 5.74) is 1.27. The molecule has 0 saturated heterocycles. The minimum absolute atomic E-state index is 0.205. The van der Waals surface area contributed by atoms with Crippen LogP contribution in [0.15, 0.2) is 50.5 Å². The highest BCUT2D eigenvalue weighted by Gasteiger charge is 2.34. The SMILES string of the molecule is CC1=C(C(=O)O[C@H](C)C(=O)OC(C)C)[C@H](c2ccc(F)cc2Br)N=C(c2nccs2)N1. The van der Waals surface area contributed by atoms with Crippen LogP contribution in [0.5, 0.6) is 0 Å². The van der Waals surface area contributed by atoms with E-state index in [1.807, 2.05) is 5.38 Å². The van der Waals surface area contributed by atoms with E-state index in [2.05, 4.69) is 31.2 Å². The van der Waals surface area contributed by atoms with Gasteiger partial charge in [0.2, 0.25) is 0 Å².